The number of likely N-dealkylation sites (tertiary alicyclic amines) is 1. The van der Waals surface area contributed by atoms with E-state index >= 15 is 0 Å². The third-order valence-electron chi connectivity index (χ3n) is 3.68. The second-order valence-electron chi connectivity index (χ2n) is 5.00. The van der Waals surface area contributed by atoms with Crippen LogP contribution in [0.3, 0.4) is 0 Å². The van der Waals surface area contributed by atoms with Gasteiger partial charge in [0.1, 0.15) is 11.5 Å². The Morgan fingerprint density at radius 1 is 1.53 bits per heavy atom. The van der Waals surface area contributed by atoms with E-state index in [2.05, 4.69) is 11.8 Å². The number of carboxylic acids is 1. The van der Waals surface area contributed by atoms with Crippen LogP contribution in [0.1, 0.15) is 31.4 Å². The van der Waals surface area contributed by atoms with Crippen LogP contribution in [0.25, 0.3) is 0 Å². The molecular formula is C13H19NO3. The zero-order valence-electron chi connectivity index (χ0n) is 10.5. The van der Waals surface area contributed by atoms with E-state index < -0.39 is 5.97 Å². The molecule has 94 valence electrons. The highest BCUT2D eigenvalue weighted by atomic mass is 16.4. The van der Waals surface area contributed by atoms with E-state index in [0.717, 1.165) is 18.1 Å². The van der Waals surface area contributed by atoms with E-state index in [1.165, 1.54) is 0 Å². The Hall–Kier alpha value is -1.29. The van der Waals surface area contributed by atoms with Crippen LogP contribution in [-0.2, 0) is 4.79 Å². The lowest BCUT2D eigenvalue weighted by atomic mass is 9.99. The van der Waals surface area contributed by atoms with Crippen LogP contribution in [0, 0.1) is 18.8 Å². The van der Waals surface area contributed by atoms with E-state index in [4.69, 9.17) is 9.52 Å². The average Bonchev–Trinajstić information content (AvgIpc) is 2.83. The second-order valence-corrected chi connectivity index (χ2v) is 5.00. The Kier molecular flexibility index (Phi) is 3.24. The molecule has 1 aromatic heterocycles. The Bertz CT molecular complexity index is 413. The van der Waals surface area contributed by atoms with E-state index in [9.17, 15) is 4.79 Å². The number of rotatable bonds is 3. The van der Waals surface area contributed by atoms with Crippen LogP contribution >= 0.6 is 0 Å². The Labute approximate surface area is 101 Å². The second kappa shape index (κ2) is 4.53. The van der Waals surface area contributed by atoms with Crippen molar-refractivity contribution in [3.05, 3.63) is 23.7 Å². The highest BCUT2D eigenvalue weighted by molar-refractivity contribution is 5.71. The summed E-state index contributed by atoms with van der Waals surface area (Å²) in [5.74, 6) is 1.07. The van der Waals surface area contributed by atoms with Crippen molar-refractivity contribution >= 4 is 5.97 Å². The molecule has 1 saturated heterocycles. The number of carboxylic acid groups (broad SMARTS) is 1. The summed E-state index contributed by atoms with van der Waals surface area (Å²) in [5.41, 5.74) is 0. The molecule has 1 aromatic rings. The van der Waals surface area contributed by atoms with Gasteiger partial charge in [0, 0.05) is 13.1 Å². The zero-order chi connectivity index (χ0) is 12.6. The number of carbonyl (C=O) groups is 1. The highest BCUT2D eigenvalue weighted by Gasteiger charge is 2.37. The lowest BCUT2D eigenvalue weighted by Gasteiger charge is -2.22. The fourth-order valence-corrected chi connectivity index (χ4v) is 2.50. The van der Waals surface area contributed by atoms with Crippen LogP contribution in [0.2, 0.25) is 0 Å². The maximum absolute atomic E-state index is 11.1. The minimum absolute atomic E-state index is 0.149. The summed E-state index contributed by atoms with van der Waals surface area (Å²) in [6.07, 6.45) is 0. The van der Waals surface area contributed by atoms with Crippen molar-refractivity contribution in [2.24, 2.45) is 11.8 Å². The Morgan fingerprint density at radius 3 is 2.71 bits per heavy atom. The molecule has 3 unspecified atom stereocenters. The van der Waals surface area contributed by atoms with Gasteiger partial charge in [-0.3, -0.25) is 9.69 Å². The first-order valence-corrected chi connectivity index (χ1v) is 6.02. The normalized spacial score (nSPS) is 27.2. The Balaban J connectivity index is 2.07. The maximum atomic E-state index is 11.1. The lowest BCUT2D eigenvalue weighted by Crippen LogP contribution is -2.26. The molecule has 2 rings (SSSR count). The standard InChI is InChI=1S/C13H19NO3/c1-8-6-14(7-11(8)13(15)16)10(3)12-5-4-9(2)17-12/h4-5,8,10-11H,6-7H2,1-3H3,(H,15,16). The molecule has 1 fully saturated rings. The Morgan fingerprint density at radius 2 is 2.24 bits per heavy atom. The molecule has 0 bridgehead atoms. The molecule has 1 aliphatic heterocycles. The smallest absolute Gasteiger partial charge is 0.308 e. The monoisotopic (exact) mass is 237 g/mol. The molecule has 1 N–H and O–H groups in total. The van der Waals surface area contributed by atoms with Crippen molar-refractivity contribution in [2.75, 3.05) is 13.1 Å². The fourth-order valence-electron chi connectivity index (χ4n) is 2.50. The first-order chi connectivity index (χ1) is 7.99. The first kappa shape index (κ1) is 12.2. The van der Waals surface area contributed by atoms with Crippen LogP contribution in [0.4, 0.5) is 0 Å². The van der Waals surface area contributed by atoms with Gasteiger partial charge in [-0.1, -0.05) is 6.92 Å². The van der Waals surface area contributed by atoms with Gasteiger partial charge >= 0.3 is 5.97 Å². The number of hydrogen-bond acceptors (Lipinski definition) is 3. The molecule has 0 radical (unpaired) electrons. The highest BCUT2D eigenvalue weighted by Crippen LogP contribution is 2.31. The van der Waals surface area contributed by atoms with Crippen molar-refractivity contribution < 1.29 is 14.3 Å². The molecule has 0 saturated carbocycles. The SMILES string of the molecule is Cc1ccc(C(C)N2CC(C)C(C(=O)O)C2)o1. The van der Waals surface area contributed by atoms with Crippen LogP contribution < -0.4 is 0 Å². The van der Waals surface area contributed by atoms with E-state index in [0.29, 0.717) is 6.54 Å². The largest absolute Gasteiger partial charge is 0.481 e. The minimum atomic E-state index is -0.692. The molecule has 2 heterocycles. The third kappa shape index (κ3) is 2.36. The number of nitrogens with zero attached hydrogens (tertiary/aromatic N) is 1. The first-order valence-electron chi connectivity index (χ1n) is 6.02. The van der Waals surface area contributed by atoms with Crippen LogP contribution in [0.15, 0.2) is 16.5 Å². The van der Waals surface area contributed by atoms with E-state index in [-0.39, 0.29) is 17.9 Å². The van der Waals surface area contributed by atoms with Gasteiger partial charge in [0.25, 0.3) is 0 Å². The molecule has 4 nitrogen and oxygen atoms in total. The zero-order valence-corrected chi connectivity index (χ0v) is 10.5. The van der Waals surface area contributed by atoms with Gasteiger partial charge in [-0.15, -0.1) is 0 Å². The summed E-state index contributed by atoms with van der Waals surface area (Å²) < 4.78 is 5.60. The van der Waals surface area contributed by atoms with Crippen LogP contribution in [-0.4, -0.2) is 29.1 Å². The molecule has 17 heavy (non-hydrogen) atoms. The summed E-state index contributed by atoms with van der Waals surface area (Å²) in [6.45, 7) is 7.41. The van der Waals surface area contributed by atoms with E-state index in [1.54, 1.807) is 0 Å². The summed E-state index contributed by atoms with van der Waals surface area (Å²) in [5, 5.41) is 9.11. The maximum Gasteiger partial charge on any atom is 0.308 e. The number of hydrogen-bond donors (Lipinski definition) is 1. The summed E-state index contributed by atoms with van der Waals surface area (Å²) in [6, 6.07) is 4.06. The summed E-state index contributed by atoms with van der Waals surface area (Å²) in [4.78, 5) is 13.3. The van der Waals surface area contributed by atoms with Gasteiger partial charge in [-0.2, -0.15) is 0 Å². The predicted molar refractivity (Wildman–Crippen MR) is 63.7 cm³/mol. The molecule has 0 amide bonds. The summed E-state index contributed by atoms with van der Waals surface area (Å²) in [7, 11) is 0. The van der Waals surface area contributed by atoms with Gasteiger partial charge < -0.3 is 9.52 Å². The van der Waals surface area contributed by atoms with Crippen LogP contribution in [0.5, 0.6) is 0 Å². The van der Waals surface area contributed by atoms with Gasteiger partial charge in [0.05, 0.1) is 12.0 Å². The van der Waals surface area contributed by atoms with Crippen molar-refractivity contribution in [1.29, 1.82) is 0 Å². The predicted octanol–water partition coefficient (Wildman–Crippen LogP) is 2.30. The fraction of sp³-hybridized carbons (Fsp3) is 0.615. The van der Waals surface area contributed by atoms with E-state index in [1.807, 2.05) is 26.0 Å². The van der Waals surface area contributed by atoms with Gasteiger partial charge in [0.2, 0.25) is 0 Å². The number of aryl methyl sites for hydroxylation is 1. The molecule has 0 aliphatic carbocycles. The van der Waals surface area contributed by atoms with Crippen molar-refractivity contribution in [3.63, 3.8) is 0 Å². The topological polar surface area (TPSA) is 53.7 Å². The third-order valence-corrected chi connectivity index (χ3v) is 3.68. The minimum Gasteiger partial charge on any atom is -0.481 e. The van der Waals surface area contributed by atoms with Gasteiger partial charge in [-0.05, 0) is 31.9 Å². The van der Waals surface area contributed by atoms with Crippen molar-refractivity contribution in [2.45, 2.75) is 26.8 Å². The molecule has 4 heteroatoms. The van der Waals surface area contributed by atoms with Gasteiger partial charge in [-0.25, -0.2) is 0 Å². The van der Waals surface area contributed by atoms with Gasteiger partial charge in [0.15, 0.2) is 0 Å². The summed E-state index contributed by atoms with van der Waals surface area (Å²) >= 11 is 0. The van der Waals surface area contributed by atoms with Crippen molar-refractivity contribution in [3.8, 4) is 0 Å². The lowest BCUT2D eigenvalue weighted by molar-refractivity contribution is -0.142. The molecule has 0 spiro atoms. The molecule has 0 aromatic carbocycles. The average molecular weight is 237 g/mol. The number of furan rings is 1. The quantitative estimate of drug-likeness (QED) is 0.876. The van der Waals surface area contributed by atoms with Crippen molar-refractivity contribution in [1.82, 2.24) is 4.90 Å². The molecule has 1 aliphatic rings. The molecule has 3 atom stereocenters. The number of aliphatic carboxylic acids is 1. The molecular weight excluding hydrogens is 218 g/mol.